The molecule has 2 aromatic carbocycles. The fourth-order valence-electron chi connectivity index (χ4n) is 2.75. The molecule has 3 aromatic rings. The van der Waals surface area contributed by atoms with Crippen LogP contribution in [0.3, 0.4) is 0 Å². The number of nitrogens with one attached hydrogen (secondary N) is 1. The molecule has 1 heterocycles. The summed E-state index contributed by atoms with van der Waals surface area (Å²) < 4.78 is 5.30. The Morgan fingerprint density at radius 3 is 2.56 bits per heavy atom. The molecule has 5 nitrogen and oxygen atoms in total. The molecule has 1 aromatic heterocycles. The van der Waals surface area contributed by atoms with Gasteiger partial charge < -0.3 is 14.8 Å². The number of carboxylic acids is 1. The van der Waals surface area contributed by atoms with E-state index >= 15 is 0 Å². The van der Waals surface area contributed by atoms with Gasteiger partial charge in [-0.25, -0.2) is 4.79 Å². The maximum Gasteiger partial charge on any atom is 0.337 e. The number of carbonyl (C=O) groups is 1. The van der Waals surface area contributed by atoms with Gasteiger partial charge in [-0.3, -0.25) is 4.79 Å². The normalized spacial score (nSPS) is 12.2. The fourth-order valence-corrected chi connectivity index (χ4v) is 2.75. The lowest BCUT2D eigenvalue weighted by Crippen LogP contribution is -2.24. The number of fused-ring (bicyclic) bond motifs is 1. The quantitative estimate of drug-likeness (QED) is 0.718. The number of hydrogen-bond donors (Lipinski definition) is 2. The van der Waals surface area contributed by atoms with Crippen molar-refractivity contribution in [2.75, 3.05) is 6.61 Å². The minimum absolute atomic E-state index is 0.102. The van der Waals surface area contributed by atoms with Gasteiger partial charge in [0.1, 0.15) is 0 Å². The number of ether oxygens (including phenoxy) is 1. The van der Waals surface area contributed by atoms with Crippen molar-refractivity contribution in [1.29, 1.82) is 0 Å². The third-order valence-corrected chi connectivity index (χ3v) is 4.00. The Kier molecular flexibility index (Phi) is 4.95. The monoisotopic (exact) mass is 337 g/mol. The van der Waals surface area contributed by atoms with Crippen molar-refractivity contribution in [3.63, 3.8) is 0 Å². The topological polar surface area (TPSA) is 79.4 Å². The van der Waals surface area contributed by atoms with Crippen molar-refractivity contribution in [3.8, 4) is 11.3 Å². The zero-order valence-electron chi connectivity index (χ0n) is 13.9. The van der Waals surface area contributed by atoms with Crippen LogP contribution in [-0.4, -0.2) is 22.7 Å². The van der Waals surface area contributed by atoms with Crippen LogP contribution < -0.4 is 5.56 Å². The fraction of sp³-hybridized carbons (Fsp3) is 0.200. The van der Waals surface area contributed by atoms with E-state index in [1.54, 1.807) is 6.07 Å². The predicted molar refractivity (Wildman–Crippen MR) is 96.6 cm³/mol. The SMILES string of the molecule is CCCOC(C(=O)O)c1ccc(-c2ccc3ccccc3c2)[nH]c1=O. The van der Waals surface area contributed by atoms with Gasteiger partial charge in [0.05, 0.1) is 5.56 Å². The van der Waals surface area contributed by atoms with E-state index in [9.17, 15) is 14.7 Å². The highest BCUT2D eigenvalue weighted by Crippen LogP contribution is 2.23. The van der Waals surface area contributed by atoms with Gasteiger partial charge in [-0.05, 0) is 41.0 Å². The van der Waals surface area contributed by atoms with Gasteiger partial charge in [0, 0.05) is 12.3 Å². The Labute approximate surface area is 144 Å². The van der Waals surface area contributed by atoms with E-state index in [0.717, 1.165) is 16.3 Å². The van der Waals surface area contributed by atoms with E-state index in [1.165, 1.54) is 6.07 Å². The first kappa shape index (κ1) is 16.9. The number of H-pyrrole nitrogens is 1. The highest BCUT2D eigenvalue weighted by molar-refractivity contribution is 5.86. The van der Waals surface area contributed by atoms with Gasteiger partial charge in [0.25, 0.3) is 5.56 Å². The molecule has 0 amide bonds. The zero-order chi connectivity index (χ0) is 17.8. The lowest BCUT2D eigenvalue weighted by molar-refractivity contribution is -0.151. The van der Waals surface area contributed by atoms with Crippen molar-refractivity contribution in [1.82, 2.24) is 4.98 Å². The first-order chi connectivity index (χ1) is 12.1. The summed E-state index contributed by atoms with van der Waals surface area (Å²) in [5, 5.41) is 11.5. The highest BCUT2D eigenvalue weighted by atomic mass is 16.5. The summed E-state index contributed by atoms with van der Waals surface area (Å²) >= 11 is 0. The van der Waals surface area contributed by atoms with E-state index in [-0.39, 0.29) is 12.2 Å². The Morgan fingerprint density at radius 2 is 1.88 bits per heavy atom. The standard InChI is InChI=1S/C20H19NO4/c1-2-11-25-18(20(23)24)16-9-10-17(21-19(16)22)15-8-7-13-5-3-4-6-14(13)12-15/h3-10,12,18H,2,11H2,1H3,(H,21,22)(H,23,24). The minimum Gasteiger partial charge on any atom is -0.479 e. The lowest BCUT2D eigenvalue weighted by atomic mass is 10.0. The van der Waals surface area contributed by atoms with E-state index in [4.69, 9.17) is 4.74 Å². The number of carboxylic acid groups (broad SMARTS) is 1. The zero-order valence-corrected chi connectivity index (χ0v) is 13.9. The second-order valence-electron chi connectivity index (χ2n) is 5.81. The predicted octanol–water partition coefficient (Wildman–Crippen LogP) is 3.75. The third-order valence-electron chi connectivity index (χ3n) is 4.00. The molecule has 0 spiro atoms. The van der Waals surface area contributed by atoms with Crippen LogP contribution in [0.1, 0.15) is 25.0 Å². The molecule has 128 valence electrons. The number of hydrogen-bond acceptors (Lipinski definition) is 3. The molecular formula is C20H19NO4. The molecule has 0 aliphatic heterocycles. The molecule has 1 unspecified atom stereocenters. The smallest absolute Gasteiger partial charge is 0.337 e. The number of aromatic amines is 1. The molecule has 25 heavy (non-hydrogen) atoms. The summed E-state index contributed by atoms with van der Waals surface area (Å²) in [5.74, 6) is -1.17. The molecule has 5 heteroatoms. The van der Waals surface area contributed by atoms with Gasteiger partial charge in [0.15, 0.2) is 6.10 Å². The molecule has 0 saturated heterocycles. The highest BCUT2D eigenvalue weighted by Gasteiger charge is 2.23. The number of rotatable bonds is 6. The van der Waals surface area contributed by atoms with Gasteiger partial charge in [-0.15, -0.1) is 0 Å². The van der Waals surface area contributed by atoms with Crippen LogP contribution in [0.5, 0.6) is 0 Å². The molecule has 0 radical (unpaired) electrons. The number of pyridine rings is 1. The first-order valence-electron chi connectivity index (χ1n) is 8.17. The first-order valence-corrected chi connectivity index (χ1v) is 8.17. The summed E-state index contributed by atoms with van der Waals surface area (Å²) in [4.78, 5) is 26.5. The Morgan fingerprint density at radius 1 is 1.12 bits per heavy atom. The minimum atomic E-state index is -1.26. The maximum atomic E-state index is 12.4. The number of aliphatic carboxylic acids is 1. The summed E-state index contributed by atoms with van der Waals surface area (Å²) in [6.07, 6.45) is -0.578. The molecule has 2 N–H and O–H groups in total. The van der Waals surface area contributed by atoms with Gasteiger partial charge in [0.2, 0.25) is 0 Å². The summed E-state index contributed by atoms with van der Waals surface area (Å²) in [6.45, 7) is 2.16. The van der Waals surface area contributed by atoms with Crippen LogP contribution in [0.4, 0.5) is 0 Å². The van der Waals surface area contributed by atoms with Crippen LogP contribution in [-0.2, 0) is 9.53 Å². The van der Waals surface area contributed by atoms with Crippen molar-refractivity contribution >= 4 is 16.7 Å². The average molecular weight is 337 g/mol. The second kappa shape index (κ2) is 7.32. The Hall–Kier alpha value is -2.92. The van der Waals surface area contributed by atoms with Crippen molar-refractivity contribution in [3.05, 3.63) is 70.5 Å². The Bertz CT molecular complexity index is 961. The molecule has 1 atom stereocenters. The van der Waals surface area contributed by atoms with Crippen LogP contribution in [0.15, 0.2) is 59.4 Å². The third kappa shape index (κ3) is 3.61. The molecular weight excluding hydrogens is 318 g/mol. The molecule has 0 aliphatic carbocycles. The van der Waals surface area contributed by atoms with Crippen LogP contribution in [0, 0.1) is 0 Å². The average Bonchev–Trinajstić information content (AvgIpc) is 2.62. The summed E-state index contributed by atoms with van der Waals surface area (Å²) in [5.41, 5.74) is 1.16. The second-order valence-corrected chi connectivity index (χ2v) is 5.81. The van der Waals surface area contributed by atoms with Crippen LogP contribution in [0.25, 0.3) is 22.0 Å². The molecule has 3 rings (SSSR count). The van der Waals surface area contributed by atoms with Crippen LogP contribution >= 0.6 is 0 Å². The van der Waals surface area contributed by atoms with E-state index in [2.05, 4.69) is 4.98 Å². The summed E-state index contributed by atoms with van der Waals surface area (Å²) in [7, 11) is 0. The van der Waals surface area contributed by atoms with Crippen molar-refractivity contribution < 1.29 is 14.6 Å². The Balaban J connectivity index is 1.97. The molecule has 0 aliphatic rings. The molecule has 0 saturated carbocycles. The lowest BCUT2D eigenvalue weighted by Gasteiger charge is -2.13. The van der Waals surface area contributed by atoms with Gasteiger partial charge in [-0.1, -0.05) is 43.3 Å². The summed E-state index contributed by atoms with van der Waals surface area (Å²) in [6, 6.07) is 17.1. The largest absolute Gasteiger partial charge is 0.479 e. The van der Waals surface area contributed by atoms with Gasteiger partial charge in [-0.2, -0.15) is 0 Å². The molecule has 0 fully saturated rings. The van der Waals surface area contributed by atoms with Crippen LogP contribution in [0.2, 0.25) is 0 Å². The van der Waals surface area contributed by atoms with Crippen molar-refractivity contribution in [2.45, 2.75) is 19.4 Å². The van der Waals surface area contributed by atoms with Gasteiger partial charge >= 0.3 is 5.97 Å². The number of aromatic nitrogens is 1. The van der Waals surface area contributed by atoms with E-state index in [0.29, 0.717) is 12.1 Å². The maximum absolute atomic E-state index is 12.4. The van der Waals surface area contributed by atoms with E-state index < -0.39 is 17.6 Å². The van der Waals surface area contributed by atoms with E-state index in [1.807, 2.05) is 49.4 Å². The number of benzene rings is 2. The molecule has 0 bridgehead atoms. The van der Waals surface area contributed by atoms with Crippen molar-refractivity contribution in [2.24, 2.45) is 0 Å².